The molecule has 0 aliphatic carbocycles. The molecule has 0 fully saturated rings. The standard InChI is InChI=1S/2C7H7NO2.Co.4H2O/c2*8-6-3-1-5(2-4-6)7(9)10;;;;;/h2*1-4H,8H2,(H,9,10);;4*1H2. The van der Waals surface area contributed by atoms with Gasteiger partial charge in [-0.2, -0.15) is 0 Å². The largest absolute Gasteiger partial charge is 0.478 e. The predicted molar refractivity (Wildman–Crippen MR) is 90.1 cm³/mol. The Morgan fingerprint density at radius 3 is 0.960 bits per heavy atom. The van der Waals surface area contributed by atoms with Gasteiger partial charge in [0.25, 0.3) is 0 Å². The van der Waals surface area contributed by atoms with E-state index in [4.69, 9.17) is 21.7 Å². The van der Waals surface area contributed by atoms with Gasteiger partial charge in [-0.15, -0.1) is 0 Å². The quantitative estimate of drug-likeness (QED) is 0.438. The van der Waals surface area contributed by atoms with Gasteiger partial charge in [-0.25, -0.2) is 9.59 Å². The number of carbonyl (C=O) groups is 2. The Morgan fingerprint density at radius 2 is 0.800 bits per heavy atom. The molecular formula is C14H22CoN2O8. The summed E-state index contributed by atoms with van der Waals surface area (Å²) in [5, 5.41) is 16.9. The Labute approximate surface area is 153 Å². The van der Waals surface area contributed by atoms with E-state index in [-0.39, 0.29) is 49.8 Å². The topological polar surface area (TPSA) is 253 Å². The van der Waals surface area contributed by atoms with Crippen molar-refractivity contribution < 1.29 is 58.5 Å². The third-order valence-electron chi connectivity index (χ3n) is 2.32. The summed E-state index contributed by atoms with van der Waals surface area (Å²) in [6, 6.07) is 12.1. The SMILES string of the molecule is Nc1ccc(C(=O)O)cc1.Nc1ccc(C(=O)O)cc1.O.O.O.O.[Co]. The minimum absolute atomic E-state index is 0. The zero-order valence-corrected chi connectivity index (χ0v) is 13.9. The van der Waals surface area contributed by atoms with Gasteiger partial charge in [0.05, 0.1) is 11.1 Å². The molecule has 11 heteroatoms. The van der Waals surface area contributed by atoms with Crippen molar-refractivity contribution in [3.05, 3.63) is 59.7 Å². The first-order valence-corrected chi connectivity index (χ1v) is 5.58. The summed E-state index contributed by atoms with van der Waals surface area (Å²) < 4.78 is 0. The number of anilines is 2. The summed E-state index contributed by atoms with van der Waals surface area (Å²) in [5.41, 5.74) is 12.3. The van der Waals surface area contributed by atoms with E-state index < -0.39 is 11.9 Å². The van der Waals surface area contributed by atoms with Crippen molar-refractivity contribution in [2.45, 2.75) is 0 Å². The van der Waals surface area contributed by atoms with E-state index in [1.807, 2.05) is 0 Å². The van der Waals surface area contributed by atoms with Gasteiger partial charge in [-0.05, 0) is 48.5 Å². The van der Waals surface area contributed by atoms with Gasteiger partial charge in [0.2, 0.25) is 0 Å². The molecule has 145 valence electrons. The predicted octanol–water partition coefficient (Wildman–Crippen LogP) is -1.37. The van der Waals surface area contributed by atoms with Crippen LogP contribution in [0.5, 0.6) is 0 Å². The number of nitrogens with two attached hydrogens (primary N) is 2. The first kappa shape index (κ1) is 33.8. The van der Waals surface area contributed by atoms with Crippen LogP contribution in [0, 0.1) is 0 Å². The van der Waals surface area contributed by atoms with Crippen LogP contribution in [0.3, 0.4) is 0 Å². The number of hydrogen-bond acceptors (Lipinski definition) is 4. The molecule has 0 aliphatic heterocycles. The third-order valence-corrected chi connectivity index (χ3v) is 2.32. The van der Waals surface area contributed by atoms with Crippen molar-refractivity contribution in [2.75, 3.05) is 11.5 Å². The van der Waals surface area contributed by atoms with E-state index >= 15 is 0 Å². The molecule has 2 rings (SSSR count). The molecule has 14 N–H and O–H groups in total. The van der Waals surface area contributed by atoms with Gasteiger partial charge >= 0.3 is 11.9 Å². The number of carboxylic acid groups (broad SMARTS) is 2. The number of nitrogen functional groups attached to an aromatic ring is 2. The van der Waals surface area contributed by atoms with Crippen LogP contribution < -0.4 is 11.5 Å². The Kier molecular flexibility index (Phi) is 21.9. The fourth-order valence-corrected chi connectivity index (χ4v) is 1.25. The summed E-state index contributed by atoms with van der Waals surface area (Å²) >= 11 is 0. The average molecular weight is 405 g/mol. The van der Waals surface area contributed by atoms with Gasteiger partial charge < -0.3 is 43.6 Å². The van der Waals surface area contributed by atoms with E-state index in [9.17, 15) is 9.59 Å². The maximum absolute atomic E-state index is 10.3. The summed E-state index contributed by atoms with van der Waals surface area (Å²) in [6.45, 7) is 0. The fourth-order valence-electron chi connectivity index (χ4n) is 1.25. The minimum atomic E-state index is -0.931. The van der Waals surface area contributed by atoms with Crippen LogP contribution in [0.15, 0.2) is 48.5 Å². The second-order valence-corrected chi connectivity index (χ2v) is 3.85. The van der Waals surface area contributed by atoms with Crippen molar-refractivity contribution in [3.8, 4) is 0 Å². The van der Waals surface area contributed by atoms with Gasteiger partial charge in [0.15, 0.2) is 0 Å². The van der Waals surface area contributed by atoms with Crippen LogP contribution in [0.25, 0.3) is 0 Å². The van der Waals surface area contributed by atoms with Gasteiger partial charge in [-0.1, -0.05) is 0 Å². The van der Waals surface area contributed by atoms with Gasteiger partial charge in [0.1, 0.15) is 0 Å². The average Bonchev–Trinajstić information content (AvgIpc) is 2.40. The van der Waals surface area contributed by atoms with Crippen LogP contribution in [-0.2, 0) is 16.8 Å². The summed E-state index contributed by atoms with van der Waals surface area (Å²) in [4.78, 5) is 20.5. The van der Waals surface area contributed by atoms with E-state index in [2.05, 4.69) is 0 Å². The second kappa shape index (κ2) is 16.2. The summed E-state index contributed by atoms with van der Waals surface area (Å²) in [7, 11) is 0. The van der Waals surface area contributed by atoms with Crippen LogP contribution in [0.4, 0.5) is 11.4 Å². The first-order valence-electron chi connectivity index (χ1n) is 5.58. The van der Waals surface area contributed by atoms with Crippen molar-refractivity contribution in [1.82, 2.24) is 0 Å². The van der Waals surface area contributed by atoms with E-state index in [0.717, 1.165) is 0 Å². The molecule has 10 nitrogen and oxygen atoms in total. The number of hydrogen-bond donors (Lipinski definition) is 4. The van der Waals surface area contributed by atoms with E-state index in [0.29, 0.717) is 11.4 Å². The molecule has 0 amide bonds. The molecule has 25 heavy (non-hydrogen) atoms. The molecular weight excluding hydrogens is 383 g/mol. The number of aromatic carboxylic acids is 2. The van der Waals surface area contributed by atoms with E-state index in [1.165, 1.54) is 24.3 Å². The first-order chi connectivity index (χ1) is 9.40. The van der Waals surface area contributed by atoms with Crippen LogP contribution in [-0.4, -0.2) is 44.1 Å². The molecule has 0 saturated carbocycles. The molecule has 0 heterocycles. The monoisotopic (exact) mass is 405 g/mol. The Bertz CT molecular complexity index is 550. The maximum Gasteiger partial charge on any atom is 0.335 e. The van der Waals surface area contributed by atoms with Crippen LogP contribution in [0.1, 0.15) is 20.7 Å². The van der Waals surface area contributed by atoms with Crippen molar-refractivity contribution in [2.24, 2.45) is 0 Å². The maximum atomic E-state index is 10.3. The smallest absolute Gasteiger partial charge is 0.335 e. The minimum Gasteiger partial charge on any atom is -0.478 e. The Morgan fingerprint density at radius 1 is 0.600 bits per heavy atom. The molecule has 0 aliphatic rings. The zero-order valence-electron chi connectivity index (χ0n) is 12.8. The molecule has 0 aromatic heterocycles. The molecule has 2 aromatic rings. The van der Waals surface area contributed by atoms with Crippen molar-refractivity contribution in [1.29, 1.82) is 0 Å². The Hall–Kier alpha value is -2.67. The van der Waals surface area contributed by atoms with Crippen LogP contribution >= 0.6 is 0 Å². The summed E-state index contributed by atoms with van der Waals surface area (Å²) in [6.07, 6.45) is 0. The zero-order chi connectivity index (χ0) is 15.1. The fraction of sp³-hybridized carbons (Fsp3) is 0. The number of carboxylic acids is 2. The Balaban J connectivity index is -0.0000000889. The van der Waals surface area contributed by atoms with Gasteiger partial charge in [0, 0.05) is 28.2 Å². The van der Waals surface area contributed by atoms with Crippen molar-refractivity contribution in [3.63, 3.8) is 0 Å². The number of rotatable bonds is 2. The van der Waals surface area contributed by atoms with Crippen molar-refractivity contribution >= 4 is 23.3 Å². The third kappa shape index (κ3) is 12.4. The molecule has 0 bridgehead atoms. The molecule has 0 saturated heterocycles. The van der Waals surface area contributed by atoms with Gasteiger partial charge in [-0.3, -0.25) is 0 Å². The molecule has 0 atom stereocenters. The molecule has 0 spiro atoms. The van der Waals surface area contributed by atoms with Crippen LogP contribution in [0.2, 0.25) is 0 Å². The van der Waals surface area contributed by atoms with E-state index in [1.54, 1.807) is 24.3 Å². The summed E-state index contributed by atoms with van der Waals surface area (Å²) in [5.74, 6) is -1.86. The normalized spacial score (nSPS) is 7.36. The molecule has 1 radical (unpaired) electrons. The molecule has 2 aromatic carbocycles. The molecule has 0 unspecified atom stereocenters. The second-order valence-electron chi connectivity index (χ2n) is 3.85. The number of benzene rings is 2.